The van der Waals surface area contributed by atoms with Gasteiger partial charge in [-0.3, -0.25) is 14.9 Å². The Labute approximate surface area is 184 Å². The van der Waals surface area contributed by atoms with E-state index in [2.05, 4.69) is 4.85 Å². The zero-order chi connectivity index (χ0) is 20.9. The predicted molar refractivity (Wildman–Crippen MR) is 116 cm³/mol. The van der Waals surface area contributed by atoms with E-state index in [9.17, 15) is 4.79 Å². The van der Waals surface area contributed by atoms with Crippen molar-refractivity contribution >= 4 is 18.3 Å². The van der Waals surface area contributed by atoms with E-state index in [4.69, 9.17) is 21.3 Å². The van der Waals surface area contributed by atoms with Gasteiger partial charge in [-0.25, -0.2) is 12.1 Å². The molecule has 2 aliphatic rings. The van der Waals surface area contributed by atoms with E-state index in [1.54, 1.807) is 12.4 Å². The Morgan fingerprint density at radius 3 is 2.57 bits per heavy atom. The molecule has 166 valence electrons. The summed E-state index contributed by atoms with van der Waals surface area (Å²) in [5.74, 6) is 1.04. The van der Waals surface area contributed by atoms with Crippen LogP contribution in [0, 0.1) is 6.57 Å². The molecular weight excluding hydrogens is 406 g/mol. The maximum atomic E-state index is 11.7. The van der Waals surface area contributed by atoms with E-state index >= 15 is 0 Å². The normalized spacial score (nSPS) is 19.9. The number of halogens is 1. The second-order valence-corrected chi connectivity index (χ2v) is 7.95. The van der Waals surface area contributed by atoms with E-state index in [1.807, 2.05) is 30.0 Å². The first kappa shape index (κ1) is 24.3. The highest BCUT2D eigenvalue weighted by Crippen LogP contribution is 2.42. The first-order valence-corrected chi connectivity index (χ1v) is 10.5. The maximum Gasteiger partial charge on any atom is 0.260 e. The molecule has 1 amide bonds. The van der Waals surface area contributed by atoms with E-state index in [1.165, 1.54) is 12.8 Å². The van der Waals surface area contributed by atoms with Crippen molar-refractivity contribution < 1.29 is 19.5 Å². The second-order valence-electron chi connectivity index (χ2n) is 7.95. The number of nitrogens with one attached hydrogen (secondary N) is 1. The topological polar surface area (TPSA) is 75.4 Å². The lowest BCUT2D eigenvalue weighted by molar-refractivity contribution is -0.134. The lowest BCUT2D eigenvalue weighted by atomic mass is 9.81. The molecule has 2 N–H and O–H groups in total. The molecule has 1 saturated carbocycles. The molecule has 1 aromatic rings. The summed E-state index contributed by atoms with van der Waals surface area (Å²) in [5.41, 5.74) is 2.03. The fraction of sp³-hybridized carbons (Fsp3) is 0.636. The van der Waals surface area contributed by atoms with Gasteiger partial charge >= 0.3 is 0 Å². The number of hydroxylamine groups is 1. The van der Waals surface area contributed by atoms with Crippen LogP contribution >= 0.6 is 12.4 Å². The zero-order valence-corrected chi connectivity index (χ0v) is 18.5. The maximum absolute atomic E-state index is 11.7. The summed E-state index contributed by atoms with van der Waals surface area (Å²) in [7, 11) is 0. The van der Waals surface area contributed by atoms with Crippen LogP contribution in [0.5, 0.6) is 11.5 Å². The monoisotopic (exact) mass is 437 g/mol. The Balaban J connectivity index is 0.00000320. The number of benzene rings is 1. The Kier molecular flexibility index (Phi) is 8.78. The summed E-state index contributed by atoms with van der Waals surface area (Å²) < 4.78 is 12.0. The highest BCUT2D eigenvalue weighted by Gasteiger charge is 2.44. The molecule has 0 radical (unpaired) electrons. The number of hydrogen-bond acceptors (Lipinski definition) is 5. The van der Waals surface area contributed by atoms with Crippen molar-refractivity contribution in [3.8, 4) is 11.5 Å². The number of rotatable bonds is 7. The Bertz CT molecular complexity index is 753. The number of ether oxygens (including phenoxy) is 2. The van der Waals surface area contributed by atoms with Crippen LogP contribution in [-0.2, 0) is 10.3 Å². The fourth-order valence-corrected chi connectivity index (χ4v) is 4.36. The average molecular weight is 438 g/mol. The van der Waals surface area contributed by atoms with Crippen LogP contribution in [0.3, 0.4) is 0 Å². The summed E-state index contributed by atoms with van der Waals surface area (Å²) in [5, 5.41) is 8.88. The molecule has 30 heavy (non-hydrogen) atoms. The summed E-state index contributed by atoms with van der Waals surface area (Å²) in [6.45, 7) is 13.4. The molecule has 1 unspecified atom stereocenters. The highest BCUT2D eigenvalue weighted by atomic mass is 35.5. The average Bonchev–Trinajstić information content (AvgIpc) is 3.27. The Morgan fingerprint density at radius 2 is 2.00 bits per heavy atom. The van der Waals surface area contributed by atoms with Gasteiger partial charge in [0.05, 0.1) is 18.8 Å². The van der Waals surface area contributed by atoms with Crippen molar-refractivity contribution in [1.82, 2.24) is 10.4 Å². The van der Waals surface area contributed by atoms with Gasteiger partial charge in [0, 0.05) is 31.5 Å². The minimum Gasteiger partial charge on any atom is -0.490 e. The van der Waals surface area contributed by atoms with Crippen molar-refractivity contribution in [2.45, 2.75) is 70.1 Å². The minimum atomic E-state index is -0.634. The molecule has 3 rings (SSSR count). The van der Waals surface area contributed by atoms with Gasteiger partial charge in [0.1, 0.15) is 0 Å². The fourth-order valence-electron chi connectivity index (χ4n) is 4.36. The molecule has 0 aromatic heterocycles. The largest absolute Gasteiger partial charge is 0.490 e. The molecule has 1 aliphatic carbocycles. The molecule has 1 heterocycles. The van der Waals surface area contributed by atoms with Crippen molar-refractivity contribution in [2.24, 2.45) is 0 Å². The van der Waals surface area contributed by atoms with Gasteiger partial charge in [0.25, 0.3) is 11.4 Å². The third-order valence-electron chi connectivity index (χ3n) is 6.25. The number of likely N-dealkylation sites (tertiary alicyclic amines) is 1. The number of carbonyl (C=O) groups is 1. The molecule has 0 bridgehead atoms. The third kappa shape index (κ3) is 5.18. The molecule has 7 nitrogen and oxygen atoms in total. The van der Waals surface area contributed by atoms with Crippen LogP contribution < -0.4 is 15.0 Å². The molecular formula is C22H32ClN3O4. The van der Waals surface area contributed by atoms with E-state index < -0.39 is 17.5 Å². The van der Waals surface area contributed by atoms with E-state index in [0.29, 0.717) is 32.5 Å². The highest BCUT2D eigenvalue weighted by molar-refractivity contribution is 5.85. The van der Waals surface area contributed by atoms with Crippen LogP contribution in [0.25, 0.3) is 4.85 Å². The van der Waals surface area contributed by atoms with E-state index in [0.717, 1.165) is 29.9 Å². The number of piperidine rings is 1. The van der Waals surface area contributed by atoms with Crippen molar-refractivity contribution in [1.29, 1.82) is 0 Å². The summed E-state index contributed by atoms with van der Waals surface area (Å²) in [6, 6.07) is 5.46. The first-order valence-electron chi connectivity index (χ1n) is 10.5. The van der Waals surface area contributed by atoms with E-state index in [-0.39, 0.29) is 18.5 Å². The quantitative estimate of drug-likeness (QED) is 0.384. The number of carbonyl (C=O) groups excluding carboxylic acids is 1. The zero-order valence-electron chi connectivity index (χ0n) is 17.7. The van der Waals surface area contributed by atoms with Gasteiger partial charge in [0.2, 0.25) is 0 Å². The van der Waals surface area contributed by atoms with Gasteiger partial charge in [0.15, 0.2) is 11.5 Å². The van der Waals surface area contributed by atoms with Gasteiger partial charge in [-0.2, -0.15) is 0 Å². The molecule has 1 aliphatic heterocycles. The Morgan fingerprint density at radius 1 is 1.33 bits per heavy atom. The number of amides is 1. The lowest BCUT2D eigenvalue weighted by Crippen LogP contribution is -2.50. The standard InChI is InChI=1S/C22H31N3O4.ClH/c1-4-28-19-10-9-17(15-20(19)29-18-7-5-6-8-18)22(23-3)11-13-25(14-12-22)16(2)21(26)24-27;/h9-10,15-16,18,27H,4-8,11-14H2,1-2H3,(H,24,26);1H. The number of hydrogen-bond donors (Lipinski definition) is 2. The van der Waals surface area contributed by atoms with Crippen LogP contribution in [0.2, 0.25) is 0 Å². The van der Waals surface area contributed by atoms with Gasteiger partial charge < -0.3 is 14.3 Å². The molecule has 0 spiro atoms. The minimum absolute atomic E-state index is 0. The smallest absolute Gasteiger partial charge is 0.260 e. The van der Waals surface area contributed by atoms with Crippen molar-refractivity contribution in [3.05, 3.63) is 35.2 Å². The third-order valence-corrected chi connectivity index (χ3v) is 6.25. The van der Waals surface area contributed by atoms with Gasteiger partial charge in [-0.15, -0.1) is 12.4 Å². The molecule has 1 aromatic carbocycles. The van der Waals surface area contributed by atoms with Crippen molar-refractivity contribution in [3.63, 3.8) is 0 Å². The molecule has 1 saturated heterocycles. The summed E-state index contributed by atoms with van der Waals surface area (Å²) in [6.07, 6.45) is 5.96. The molecule has 2 fully saturated rings. The summed E-state index contributed by atoms with van der Waals surface area (Å²) in [4.78, 5) is 17.8. The SMILES string of the molecule is Cl.[C-]#[N+]C1(c2ccc(OCC)c(OC3CCCC3)c2)CCN(C(C)C(=O)NO)CC1. The van der Waals surface area contributed by atoms with Crippen LogP contribution in [0.1, 0.15) is 57.9 Å². The lowest BCUT2D eigenvalue weighted by Gasteiger charge is -2.36. The molecule has 1 atom stereocenters. The molecule has 8 heteroatoms. The van der Waals surface area contributed by atoms with Crippen molar-refractivity contribution in [2.75, 3.05) is 19.7 Å². The summed E-state index contributed by atoms with van der Waals surface area (Å²) >= 11 is 0. The first-order chi connectivity index (χ1) is 14.0. The second kappa shape index (κ2) is 10.9. The van der Waals surface area contributed by atoms with Gasteiger partial charge in [-0.05, 0) is 57.7 Å². The van der Waals surface area contributed by atoms with Gasteiger partial charge in [-0.1, -0.05) is 0 Å². The predicted octanol–water partition coefficient (Wildman–Crippen LogP) is 3.93. The van der Waals surface area contributed by atoms with Crippen LogP contribution in [0.4, 0.5) is 0 Å². The number of nitrogens with zero attached hydrogens (tertiary/aromatic N) is 2. The Hall–Kier alpha value is -2.01. The van der Waals surface area contributed by atoms with Crippen LogP contribution in [-0.4, -0.2) is 47.9 Å². The van der Waals surface area contributed by atoms with Crippen LogP contribution in [0.15, 0.2) is 18.2 Å².